The van der Waals surface area contributed by atoms with E-state index in [2.05, 4.69) is 55.4 Å². The van der Waals surface area contributed by atoms with Gasteiger partial charge in [-0.15, -0.1) is 0 Å². The van der Waals surface area contributed by atoms with Crippen LogP contribution in [0, 0.1) is 11.3 Å². The van der Waals surface area contributed by atoms with Crippen molar-refractivity contribution < 1.29 is 9.16 Å². The molecule has 1 unspecified atom stereocenters. The maximum atomic E-state index is 6.75. The van der Waals surface area contributed by atoms with Crippen LogP contribution in [-0.2, 0) is 9.16 Å². The first-order valence-electron chi connectivity index (χ1n) is 8.46. The molecule has 0 heterocycles. The summed E-state index contributed by atoms with van der Waals surface area (Å²) in [4.78, 5) is 0. The zero-order valence-electron chi connectivity index (χ0n) is 15.6. The van der Waals surface area contributed by atoms with E-state index in [9.17, 15) is 0 Å². The molecule has 0 aromatic rings. The zero-order chi connectivity index (χ0) is 16.4. The lowest BCUT2D eigenvalue weighted by Crippen LogP contribution is -2.51. The number of methoxy groups -OCH3 is 1. The molecule has 1 rings (SSSR count). The molecular formula is C18H36O2Si. The molecule has 1 fully saturated rings. The van der Waals surface area contributed by atoms with E-state index in [0.717, 1.165) is 13.0 Å². The van der Waals surface area contributed by atoms with Crippen molar-refractivity contribution in [3.63, 3.8) is 0 Å². The first-order chi connectivity index (χ1) is 9.60. The highest BCUT2D eigenvalue weighted by molar-refractivity contribution is 6.77. The van der Waals surface area contributed by atoms with Gasteiger partial charge in [-0.2, -0.15) is 0 Å². The molecule has 0 aromatic heterocycles. The van der Waals surface area contributed by atoms with Crippen LogP contribution in [0.4, 0.5) is 0 Å². The molecule has 1 saturated carbocycles. The van der Waals surface area contributed by atoms with E-state index < -0.39 is 8.32 Å². The summed E-state index contributed by atoms with van der Waals surface area (Å²) < 4.78 is 11.9. The number of hydrogen-bond acceptors (Lipinski definition) is 2. The molecule has 0 aliphatic heterocycles. The fourth-order valence-electron chi connectivity index (χ4n) is 4.27. The third-order valence-corrected chi connectivity index (χ3v) is 11.9. The Morgan fingerprint density at radius 3 is 1.90 bits per heavy atom. The molecule has 124 valence electrons. The van der Waals surface area contributed by atoms with Gasteiger partial charge in [0.25, 0.3) is 0 Å². The molecule has 0 spiro atoms. The van der Waals surface area contributed by atoms with Crippen LogP contribution < -0.4 is 0 Å². The molecule has 0 bridgehead atoms. The van der Waals surface area contributed by atoms with Crippen molar-refractivity contribution in [1.82, 2.24) is 0 Å². The molecule has 0 aromatic carbocycles. The standard InChI is InChI=1S/C18H36O2Si/c1-13(2)21(14(3)4,15(5)6)20-12-17-10-16(11-19-9)18(17,7)8/h11,13-15,17H,10,12H2,1-9H3. The molecule has 1 atom stereocenters. The second-order valence-electron chi connectivity index (χ2n) is 8.13. The zero-order valence-corrected chi connectivity index (χ0v) is 16.6. The second-order valence-corrected chi connectivity index (χ2v) is 13.6. The summed E-state index contributed by atoms with van der Waals surface area (Å²) in [5.41, 5.74) is 3.63. The van der Waals surface area contributed by atoms with Crippen LogP contribution in [0.1, 0.15) is 61.8 Å². The minimum Gasteiger partial charge on any atom is -0.504 e. The van der Waals surface area contributed by atoms with Gasteiger partial charge in [-0.1, -0.05) is 55.4 Å². The maximum Gasteiger partial charge on any atom is 0.200 e. The van der Waals surface area contributed by atoms with E-state index in [1.165, 1.54) is 5.57 Å². The summed E-state index contributed by atoms with van der Waals surface area (Å²) in [7, 11) is 0.0107. The molecule has 0 N–H and O–H groups in total. The minimum absolute atomic E-state index is 0.223. The van der Waals surface area contributed by atoms with Crippen LogP contribution >= 0.6 is 0 Å². The molecule has 3 heteroatoms. The maximum absolute atomic E-state index is 6.75. The molecule has 0 amide bonds. The lowest BCUT2D eigenvalue weighted by molar-refractivity contribution is 0.0814. The largest absolute Gasteiger partial charge is 0.504 e. The van der Waals surface area contributed by atoms with Gasteiger partial charge in [0.05, 0.1) is 13.4 Å². The van der Waals surface area contributed by atoms with Crippen molar-refractivity contribution in [2.45, 2.75) is 78.4 Å². The molecule has 0 radical (unpaired) electrons. The number of ether oxygens (including phenoxy) is 1. The molecule has 2 nitrogen and oxygen atoms in total. The van der Waals surface area contributed by atoms with Gasteiger partial charge < -0.3 is 9.16 Å². The van der Waals surface area contributed by atoms with Crippen LogP contribution in [0.5, 0.6) is 0 Å². The van der Waals surface area contributed by atoms with Crippen LogP contribution in [0.3, 0.4) is 0 Å². The molecule has 1 aliphatic rings. The highest BCUT2D eigenvalue weighted by atomic mass is 28.4. The molecule has 0 saturated heterocycles. The third kappa shape index (κ3) is 3.39. The van der Waals surface area contributed by atoms with E-state index in [0.29, 0.717) is 22.5 Å². The topological polar surface area (TPSA) is 18.5 Å². The summed E-state index contributed by atoms with van der Waals surface area (Å²) in [5.74, 6) is 0.627. The quantitative estimate of drug-likeness (QED) is 0.440. The van der Waals surface area contributed by atoms with Crippen LogP contribution in [0.15, 0.2) is 11.8 Å². The van der Waals surface area contributed by atoms with E-state index in [1.54, 1.807) is 7.11 Å². The monoisotopic (exact) mass is 312 g/mol. The van der Waals surface area contributed by atoms with Gasteiger partial charge in [-0.05, 0) is 40.0 Å². The first kappa shape index (κ1) is 18.8. The van der Waals surface area contributed by atoms with Gasteiger partial charge in [-0.25, -0.2) is 0 Å². The summed E-state index contributed by atoms with van der Waals surface area (Å²) in [6.07, 6.45) is 3.05. The number of hydrogen-bond donors (Lipinski definition) is 0. The van der Waals surface area contributed by atoms with Gasteiger partial charge in [0.15, 0.2) is 8.32 Å². The Kier molecular flexibility index (Phi) is 6.14. The molecule has 21 heavy (non-hydrogen) atoms. The van der Waals surface area contributed by atoms with Gasteiger partial charge in [0.2, 0.25) is 0 Å². The number of allylic oxidation sites excluding steroid dienone is 1. The lowest BCUT2D eigenvalue weighted by atomic mass is 9.59. The average Bonchev–Trinajstić information content (AvgIpc) is 2.35. The smallest absolute Gasteiger partial charge is 0.200 e. The predicted molar refractivity (Wildman–Crippen MR) is 94.0 cm³/mol. The highest BCUT2D eigenvalue weighted by Crippen LogP contribution is 2.52. The lowest BCUT2D eigenvalue weighted by Gasteiger charge is -2.50. The van der Waals surface area contributed by atoms with Crippen molar-refractivity contribution in [3.8, 4) is 0 Å². The van der Waals surface area contributed by atoms with Crippen molar-refractivity contribution >= 4 is 8.32 Å². The molecular weight excluding hydrogens is 276 g/mol. The van der Waals surface area contributed by atoms with Crippen molar-refractivity contribution in [3.05, 3.63) is 11.8 Å². The Morgan fingerprint density at radius 2 is 1.57 bits per heavy atom. The summed E-state index contributed by atoms with van der Waals surface area (Å²) in [5, 5.41) is 0. The summed E-state index contributed by atoms with van der Waals surface area (Å²) >= 11 is 0. The van der Waals surface area contributed by atoms with Gasteiger partial charge in [0.1, 0.15) is 0 Å². The Labute approximate surface area is 133 Å². The second kappa shape index (κ2) is 6.87. The van der Waals surface area contributed by atoms with E-state index >= 15 is 0 Å². The fraction of sp³-hybridized carbons (Fsp3) is 0.889. The first-order valence-corrected chi connectivity index (χ1v) is 10.6. The Bertz CT molecular complexity index is 348. The minimum atomic E-state index is -1.73. The predicted octanol–water partition coefficient (Wildman–Crippen LogP) is 5.75. The summed E-state index contributed by atoms with van der Waals surface area (Å²) in [6, 6.07) is 0. The highest BCUT2D eigenvalue weighted by Gasteiger charge is 2.49. The third-order valence-electron chi connectivity index (χ3n) is 5.82. The van der Waals surface area contributed by atoms with Crippen molar-refractivity contribution in [2.24, 2.45) is 11.3 Å². The Morgan fingerprint density at radius 1 is 1.10 bits per heavy atom. The van der Waals surface area contributed by atoms with Crippen molar-refractivity contribution in [1.29, 1.82) is 0 Å². The fourth-order valence-corrected chi connectivity index (χ4v) is 9.76. The SMILES string of the molecule is COC=C1CC(CO[Si](C(C)C)(C(C)C)C(C)C)C1(C)C. The van der Waals surface area contributed by atoms with Crippen LogP contribution in [-0.4, -0.2) is 22.0 Å². The van der Waals surface area contributed by atoms with Gasteiger partial charge in [-0.3, -0.25) is 0 Å². The Balaban J connectivity index is 2.79. The summed E-state index contributed by atoms with van der Waals surface area (Å²) in [6.45, 7) is 19.7. The number of rotatable bonds is 7. The van der Waals surface area contributed by atoms with E-state index in [1.807, 2.05) is 6.26 Å². The van der Waals surface area contributed by atoms with Crippen LogP contribution in [0.25, 0.3) is 0 Å². The van der Waals surface area contributed by atoms with E-state index in [4.69, 9.17) is 9.16 Å². The van der Waals surface area contributed by atoms with E-state index in [-0.39, 0.29) is 5.41 Å². The van der Waals surface area contributed by atoms with Crippen molar-refractivity contribution in [2.75, 3.05) is 13.7 Å². The normalized spacial score (nSPS) is 24.0. The van der Waals surface area contributed by atoms with Gasteiger partial charge >= 0.3 is 0 Å². The van der Waals surface area contributed by atoms with Crippen LogP contribution in [0.2, 0.25) is 16.6 Å². The van der Waals surface area contributed by atoms with Gasteiger partial charge in [0, 0.05) is 6.61 Å². The molecule has 1 aliphatic carbocycles. The Hall–Kier alpha value is -0.283. The average molecular weight is 313 g/mol.